The molecular weight excluding hydrogens is 289 g/mol. The van der Waals surface area contributed by atoms with Crippen LogP contribution in [0, 0.1) is 13.8 Å². The maximum Gasteiger partial charge on any atom is 0.573 e. The number of allylic oxidation sites excluding steroid dienone is 2. The molecule has 2 N–H and O–H groups in total. The van der Waals surface area contributed by atoms with Crippen molar-refractivity contribution in [3.63, 3.8) is 0 Å². The number of halogens is 3. The number of aromatic hydroxyl groups is 2. The van der Waals surface area contributed by atoms with Crippen LogP contribution in [-0.2, 0) is 6.42 Å². The lowest BCUT2D eigenvalue weighted by molar-refractivity contribution is -0.275. The van der Waals surface area contributed by atoms with Gasteiger partial charge in [-0.3, -0.25) is 0 Å². The molecule has 116 valence electrons. The number of ether oxygens (including phenoxy) is 2. The number of rotatable bonds is 4. The molecule has 4 nitrogen and oxygen atoms in total. The van der Waals surface area contributed by atoms with E-state index in [0.29, 0.717) is 5.57 Å². The predicted molar refractivity (Wildman–Crippen MR) is 69.5 cm³/mol. The highest BCUT2D eigenvalue weighted by molar-refractivity contribution is 5.66. The second-order valence-electron chi connectivity index (χ2n) is 4.36. The van der Waals surface area contributed by atoms with Crippen molar-refractivity contribution in [1.82, 2.24) is 0 Å². The minimum Gasteiger partial charge on any atom is -0.504 e. The van der Waals surface area contributed by atoms with E-state index in [1.165, 1.54) is 6.92 Å². The third-order valence-corrected chi connectivity index (χ3v) is 2.78. The van der Waals surface area contributed by atoms with Crippen molar-refractivity contribution >= 4 is 0 Å². The van der Waals surface area contributed by atoms with Gasteiger partial charge in [0.05, 0.1) is 7.11 Å². The van der Waals surface area contributed by atoms with Gasteiger partial charge in [-0.15, -0.1) is 13.2 Å². The Morgan fingerprint density at radius 1 is 1.24 bits per heavy atom. The molecule has 0 heterocycles. The summed E-state index contributed by atoms with van der Waals surface area (Å²) < 4.78 is 45.5. The van der Waals surface area contributed by atoms with Crippen molar-refractivity contribution in [2.24, 2.45) is 0 Å². The molecule has 0 atom stereocenters. The maximum absolute atomic E-state index is 12.4. The maximum atomic E-state index is 12.4. The highest BCUT2D eigenvalue weighted by atomic mass is 19.4. The molecule has 0 amide bonds. The Morgan fingerprint density at radius 3 is 2.24 bits per heavy atom. The monoisotopic (exact) mass is 304 g/mol. The summed E-state index contributed by atoms with van der Waals surface area (Å²) in [6, 6.07) is 0. The van der Waals surface area contributed by atoms with Crippen LogP contribution in [0.25, 0.3) is 0 Å². The van der Waals surface area contributed by atoms with Crippen molar-refractivity contribution in [3.05, 3.63) is 29.7 Å². The molecular formula is C14H15F3O4. The summed E-state index contributed by atoms with van der Waals surface area (Å²) in [6.45, 7) is 8.44. The predicted octanol–water partition coefficient (Wildman–Crippen LogP) is 3.51. The Balaban J connectivity index is 3.47. The summed E-state index contributed by atoms with van der Waals surface area (Å²) in [5.41, 5.74) is 0.705. The van der Waals surface area contributed by atoms with Gasteiger partial charge in [0, 0.05) is 11.1 Å². The van der Waals surface area contributed by atoms with E-state index in [1.807, 2.05) is 0 Å². The number of methoxy groups -OCH3 is 1. The number of hydrogen-bond donors (Lipinski definition) is 2. The Morgan fingerprint density at radius 2 is 1.81 bits per heavy atom. The first-order chi connectivity index (χ1) is 9.58. The molecule has 1 rings (SSSR count). The molecule has 0 saturated heterocycles. The Kier molecular flexibility index (Phi) is 4.98. The summed E-state index contributed by atoms with van der Waals surface area (Å²) in [5, 5.41) is 19.9. The number of phenolic OH excluding ortho intramolecular Hbond substituents is 2. The van der Waals surface area contributed by atoms with Crippen molar-refractivity contribution < 1.29 is 32.9 Å². The summed E-state index contributed by atoms with van der Waals surface area (Å²) in [4.78, 5) is 0. The van der Waals surface area contributed by atoms with Crippen molar-refractivity contribution in [3.8, 4) is 23.0 Å². The molecule has 0 spiro atoms. The van der Waals surface area contributed by atoms with Crippen LogP contribution in [0.2, 0.25) is 0 Å². The Hall–Kier alpha value is -2.05. The molecule has 1 aromatic rings. The number of hydrogen-bond acceptors (Lipinski definition) is 4. The van der Waals surface area contributed by atoms with Crippen LogP contribution < -0.4 is 9.47 Å². The quantitative estimate of drug-likeness (QED) is 0.836. The molecule has 0 aliphatic carbocycles. The van der Waals surface area contributed by atoms with Crippen molar-refractivity contribution in [2.75, 3.05) is 7.11 Å². The van der Waals surface area contributed by atoms with Gasteiger partial charge in [-0.25, -0.2) is 0 Å². The second kappa shape index (κ2) is 6.15. The van der Waals surface area contributed by atoms with E-state index < -0.39 is 29.4 Å². The van der Waals surface area contributed by atoms with Gasteiger partial charge in [0.1, 0.15) is 0 Å². The lowest BCUT2D eigenvalue weighted by Gasteiger charge is -2.19. The van der Waals surface area contributed by atoms with Crippen LogP contribution in [0.5, 0.6) is 23.0 Å². The minimum absolute atomic E-state index is 0.0463. The molecule has 2 radical (unpaired) electrons. The van der Waals surface area contributed by atoms with Crippen LogP contribution in [0.4, 0.5) is 13.2 Å². The summed E-state index contributed by atoms with van der Waals surface area (Å²) >= 11 is 0. The van der Waals surface area contributed by atoms with E-state index in [4.69, 9.17) is 11.7 Å². The molecule has 0 unspecified atom stereocenters. The van der Waals surface area contributed by atoms with Gasteiger partial charge in [0.2, 0.25) is 11.5 Å². The van der Waals surface area contributed by atoms with Crippen LogP contribution in [0.1, 0.15) is 18.1 Å². The SMILES string of the molecule is [CH]/C(C)=C/Cc1c(C)c(O)c(OC(F)(F)F)c(OC)c1O. The van der Waals surface area contributed by atoms with Gasteiger partial charge in [0.15, 0.2) is 11.5 Å². The zero-order chi connectivity index (χ0) is 16.4. The lowest BCUT2D eigenvalue weighted by atomic mass is 10.0. The normalized spacial score (nSPS) is 12.4. The largest absolute Gasteiger partial charge is 0.573 e. The van der Waals surface area contributed by atoms with E-state index in [2.05, 4.69) is 4.74 Å². The average molecular weight is 304 g/mol. The first-order valence-corrected chi connectivity index (χ1v) is 5.87. The minimum atomic E-state index is -5.03. The molecule has 21 heavy (non-hydrogen) atoms. The molecule has 0 aliphatic rings. The van der Waals surface area contributed by atoms with Crippen LogP contribution >= 0.6 is 0 Å². The van der Waals surface area contributed by atoms with Crippen molar-refractivity contribution in [2.45, 2.75) is 26.6 Å². The van der Waals surface area contributed by atoms with Gasteiger partial charge < -0.3 is 19.7 Å². The fourth-order valence-electron chi connectivity index (χ4n) is 1.76. The highest BCUT2D eigenvalue weighted by Crippen LogP contribution is 2.50. The molecule has 0 aliphatic heterocycles. The van der Waals surface area contributed by atoms with Crippen LogP contribution in [0.3, 0.4) is 0 Å². The van der Waals surface area contributed by atoms with Gasteiger partial charge >= 0.3 is 6.36 Å². The topological polar surface area (TPSA) is 58.9 Å². The second-order valence-corrected chi connectivity index (χ2v) is 4.36. The van der Waals surface area contributed by atoms with E-state index >= 15 is 0 Å². The summed E-state index contributed by atoms with van der Waals surface area (Å²) in [6.07, 6.45) is -3.36. The zero-order valence-electron chi connectivity index (χ0n) is 11.7. The van der Waals surface area contributed by atoms with E-state index in [1.54, 1.807) is 13.0 Å². The zero-order valence-corrected chi connectivity index (χ0v) is 11.7. The Labute approximate surface area is 120 Å². The van der Waals surface area contributed by atoms with E-state index in [9.17, 15) is 23.4 Å². The smallest absolute Gasteiger partial charge is 0.504 e. The van der Waals surface area contributed by atoms with Gasteiger partial charge in [-0.05, 0) is 27.2 Å². The first-order valence-electron chi connectivity index (χ1n) is 5.87. The average Bonchev–Trinajstić information content (AvgIpc) is 2.34. The summed E-state index contributed by atoms with van der Waals surface area (Å²) in [5.74, 6) is -2.85. The molecule has 0 fully saturated rings. The molecule has 0 bridgehead atoms. The van der Waals surface area contributed by atoms with Crippen LogP contribution in [-0.4, -0.2) is 23.7 Å². The van der Waals surface area contributed by atoms with Crippen molar-refractivity contribution in [1.29, 1.82) is 0 Å². The molecule has 0 saturated carbocycles. The third-order valence-electron chi connectivity index (χ3n) is 2.78. The number of phenols is 2. The standard InChI is InChI=1S/C14H15F3O4/c1-7(2)5-6-9-8(3)10(18)13(21-14(15,16)17)12(20-4)11(9)19/h1,5,18-19H,6H2,2-4H3/b7-5-. The molecule has 0 aromatic heterocycles. The third kappa shape index (κ3) is 3.96. The van der Waals surface area contributed by atoms with E-state index in [-0.39, 0.29) is 17.5 Å². The lowest BCUT2D eigenvalue weighted by Crippen LogP contribution is -2.18. The van der Waals surface area contributed by atoms with Crippen LogP contribution in [0.15, 0.2) is 11.6 Å². The highest BCUT2D eigenvalue weighted by Gasteiger charge is 2.36. The first kappa shape index (κ1) is 17.0. The number of benzene rings is 1. The molecule has 1 aromatic carbocycles. The van der Waals surface area contributed by atoms with Gasteiger partial charge in [-0.1, -0.05) is 11.6 Å². The Bertz CT molecular complexity index is 559. The van der Waals surface area contributed by atoms with Gasteiger partial charge in [0.25, 0.3) is 0 Å². The van der Waals surface area contributed by atoms with Gasteiger partial charge in [-0.2, -0.15) is 0 Å². The van der Waals surface area contributed by atoms with E-state index in [0.717, 1.165) is 7.11 Å². The fourth-order valence-corrected chi connectivity index (χ4v) is 1.76. The number of alkyl halides is 3. The molecule has 7 heteroatoms. The fraction of sp³-hybridized carbons (Fsp3) is 0.357. The summed E-state index contributed by atoms with van der Waals surface area (Å²) in [7, 11) is 1.06.